The Labute approximate surface area is 142 Å². The molecule has 2 aromatic rings. The van der Waals surface area contributed by atoms with Gasteiger partial charge in [0.1, 0.15) is 11.6 Å². The van der Waals surface area contributed by atoms with Crippen LogP contribution in [-0.2, 0) is 4.79 Å². The van der Waals surface area contributed by atoms with Gasteiger partial charge in [-0.05, 0) is 35.9 Å². The monoisotopic (exact) mass is 336 g/mol. The van der Waals surface area contributed by atoms with E-state index >= 15 is 0 Å². The van der Waals surface area contributed by atoms with Crippen LogP contribution < -0.4 is 14.8 Å². The molecule has 7 nitrogen and oxygen atoms in total. The highest BCUT2D eigenvalue weighted by atomic mass is 16.7. The van der Waals surface area contributed by atoms with Crippen molar-refractivity contribution in [3.8, 4) is 17.6 Å². The summed E-state index contributed by atoms with van der Waals surface area (Å²) >= 11 is 0. The highest BCUT2D eigenvalue weighted by molar-refractivity contribution is 6.11. The summed E-state index contributed by atoms with van der Waals surface area (Å²) in [5.74, 6) is -0.749. The number of carbonyl (C=O) groups excluding carboxylic acids is 1. The topological polar surface area (TPSA) is 109 Å². The number of ether oxygens (including phenoxy) is 2. The third-order valence-electron chi connectivity index (χ3n) is 3.48. The molecule has 0 saturated carbocycles. The van der Waals surface area contributed by atoms with Crippen molar-refractivity contribution in [2.24, 2.45) is 0 Å². The minimum Gasteiger partial charge on any atom is -0.478 e. The number of carbonyl (C=O) groups is 2. The van der Waals surface area contributed by atoms with E-state index in [2.05, 4.69) is 5.32 Å². The van der Waals surface area contributed by atoms with Crippen LogP contribution in [0.4, 0.5) is 5.69 Å². The van der Waals surface area contributed by atoms with Gasteiger partial charge in [-0.15, -0.1) is 0 Å². The Bertz CT molecular complexity index is 927. The number of rotatable bonds is 4. The van der Waals surface area contributed by atoms with E-state index in [-0.39, 0.29) is 23.6 Å². The van der Waals surface area contributed by atoms with Crippen LogP contribution in [0.1, 0.15) is 15.9 Å². The van der Waals surface area contributed by atoms with E-state index in [1.54, 1.807) is 30.3 Å². The molecule has 25 heavy (non-hydrogen) atoms. The number of anilines is 1. The van der Waals surface area contributed by atoms with Crippen molar-refractivity contribution in [2.75, 3.05) is 12.1 Å². The molecule has 2 N–H and O–H groups in total. The van der Waals surface area contributed by atoms with Crippen LogP contribution in [0.3, 0.4) is 0 Å². The molecule has 1 aliphatic rings. The number of nitrogens with zero attached hydrogens (tertiary/aromatic N) is 1. The Hall–Kier alpha value is -3.79. The van der Waals surface area contributed by atoms with E-state index < -0.39 is 11.9 Å². The number of benzene rings is 2. The van der Waals surface area contributed by atoms with Crippen LogP contribution in [0.5, 0.6) is 11.5 Å². The fourth-order valence-corrected chi connectivity index (χ4v) is 2.29. The Morgan fingerprint density at radius 3 is 2.68 bits per heavy atom. The second kappa shape index (κ2) is 6.76. The van der Waals surface area contributed by atoms with Crippen molar-refractivity contribution in [2.45, 2.75) is 0 Å². The molecule has 7 heteroatoms. The van der Waals surface area contributed by atoms with Gasteiger partial charge in [-0.1, -0.05) is 18.2 Å². The summed E-state index contributed by atoms with van der Waals surface area (Å²) in [6.45, 7) is 0.125. The Morgan fingerprint density at radius 1 is 1.16 bits per heavy atom. The van der Waals surface area contributed by atoms with E-state index in [0.717, 1.165) is 0 Å². The normalized spacial score (nSPS) is 12.4. The van der Waals surface area contributed by atoms with E-state index in [9.17, 15) is 14.9 Å². The number of nitrogens with one attached hydrogen (secondary N) is 1. The molecule has 0 atom stereocenters. The van der Waals surface area contributed by atoms with Crippen LogP contribution in [0, 0.1) is 11.3 Å². The second-order valence-electron chi connectivity index (χ2n) is 5.09. The largest absolute Gasteiger partial charge is 0.478 e. The molecule has 0 spiro atoms. The maximum absolute atomic E-state index is 12.3. The lowest BCUT2D eigenvalue weighted by Gasteiger charge is -2.07. The van der Waals surface area contributed by atoms with Crippen LogP contribution in [0.2, 0.25) is 0 Å². The molecule has 0 fully saturated rings. The molecular weight excluding hydrogens is 324 g/mol. The number of carboxylic acids is 1. The van der Waals surface area contributed by atoms with Gasteiger partial charge >= 0.3 is 5.97 Å². The molecule has 0 saturated heterocycles. The zero-order valence-corrected chi connectivity index (χ0v) is 12.9. The summed E-state index contributed by atoms with van der Waals surface area (Å²) in [6, 6.07) is 12.8. The van der Waals surface area contributed by atoms with Crippen molar-refractivity contribution in [3.05, 3.63) is 59.2 Å². The highest BCUT2D eigenvalue weighted by Crippen LogP contribution is 2.33. The molecule has 1 heterocycles. The number of carboxylic acid groups (broad SMARTS) is 1. The Balaban J connectivity index is 1.85. The molecule has 0 radical (unpaired) electrons. The van der Waals surface area contributed by atoms with Gasteiger partial charge in [-0.2, -0.15) is 5.26 Å². The Kier molecular flexibility index (Phi) is 4.35. The molecule has 0 unspecified atom stereocenters. The van der Waals surface area contributed by atoms with Crippen molar-refractivity contribution in [1.29, 1.82) is 5.26 Å². The molecule has 2 aromatic carbocycles. The third kappa shape index (κ3) is 3.43. The summed E-state index contributed by atoms with van der Waals surface area (Å²) in [5.41, 5.74) is 0.476. The minimum atomic E-state index is -1.17. The summed E-state index contributed by atoms with van der Waals surface area (Å²) in [7, 11) is 0. The average Bonchev–Trinajstić information content (AvgIpc) is 3.07. The predicted octanol–water partition coefficient (Wildman–Crippen LogP) is 2.66. The molecule has 1 amide bonds. The van der Waals surface area contributed by atoms with Crippen molar-refractivity contribution in [3.63, 3.8) is 0 Å². The molecule has 1 aliphatic heterocycles. The van der Waals surface area contributed by atoms with E-state index in [0.29, 0.717) is 17.1 Å². The SMILES string of the molecule is N#C/C(=C\c1ccc2c(c1)OCO2)C(=O)Nc1ccccc1C(=O)O. The second-order valence-corrected chi connectivity index (χ2v) is 5.09. The van der Waals surface area contributed by atoms with E-state index in [1.807, 2.05) is 6.07 Å². The van der Waals surface area contributed by atoms with Crippen LogP contribution in [0.15, 0.2) is 48.0 Å². The first kappa shape index (κ1) is 16.1. The van der Waals surface area contributed by atoms with Crippen LogP contribution in [-0.4, -0.2) is 23.8 Å². The predicted molar refractivity (Wildman–Crippen MR) is 88.2 cm³/mol. The zero-order valence-electron chi connectivity index (χ0n) is 12.9. The maximum atomic E-state index is 12.3. The highest BCUT2D eigenvalue weighted by Gasteiger charge is 2.16. The van der Waals surface area contributed by atoms with Gasteiger partial charge in [0.2, 0.25) is 6.79 Å². The first-order chi connectivity index (χ1) is 12.1. The van der Waals surface area contributed by atoms with Crippen molar-refractivity contribution >= 4 is 23.6 Å². The molecule has 124 valence electrons. The fraction of sp³-hybridized carbons (Fsp3) is 0.0556. The van der Waals surface area contributed by atoms with E-state index in [1.165, 1.54) is 18.2 Å². The number of hydrogen-bond donors (Lipinski definition) is 2. The minimum absolute atomic E-state index is 0.0591. The number of fused-ring (bicyclic) bond motifs is 1. The van der Waals surface area contributed by atoms with Gasteiger partial charge in [-0.3, -0.25) is 4.79 Å². The van der Waals surface area contributed by atoms with Crippen LogP contribution in [0.25, 0.3) is 6.08 Å². The Morgan fingerprint density at radius 2 is 1.92 bits per heavy atom. The lowest BCUT2D eigenvalue weighted by Crippen LogP contribution is -2.16. The van der Waals surface area contributed by atoms with Crippen LogP contribution >= 0.6 is 0 Å². The first-order valence-electron chi connectivity index (χ1n) is 7.23. The first-order valence-corrected chi connectivity index (χ1v) is 7.23. The van der Waals surface area contributed by atoms with Gasteiger partial charge in [0.15, 0.2) is 11.5 Å². The number of aromatic carboxylic acids is 1. The molecule has 0 aliphatic carbocycles. The van der Waals surface area contributed by atoms with Crippen molar-refractivity contribution < 1.29 is 24.2 Å². The number of amides is 1. The lowest BCUT2D eigenvalue weighted by atomic mass is 10.1. The van der Waals surface area contributed by atoms with Crippen molar-refractivity contribution in [1.82, 2.24) is 0 Å². The lowest BCUT2D eigenvalue weighted by molar-refractivity contribution is -0.112. The zero-order chi connectivity index (χ0) is 17.8. The maximum Gasteiger partial charge on any atom is 0.337 e. The van der Waals surface area contributed by atoms with Gasteiger partial charge in [0.05, 0.1) is 11.3 Å². The number of nitriles is 1. The molecular formula is C18H12N2O5. The molecule has 0 bridgehead atoms. The molecule has 3 rings (SSSR count). The van der Waals surface area contributed by atoms with E-state index in [4.69, 9.17) is 14.6 Å². The quantitative estimate of drug-likeness (QED) is 0.656. The summed E-state index contributed by atoms with van der Waals surface area (Å²) in [4.78, 5) is 23.5. The third-order valence-corrected chi connectivity index (χ3v) is 3.48. The molecule has 0 aromatic heterocycles. The fourth-order valence-electron chi connectivity index (χ4n) is 2.29. The smallest absolute Gasteiger partial charge is 0.337 e. The summed E-state index contributed by atoms with van der Waals surface area (Å²) < 4.78 is 10.5. The average molecular weight is 336 g/mol. The van der Waals surface area contributed by atoms with Gasteiger partial charge in [-0.25, -0.2) is 4.79 Å². The number of hydrogen-bond acceptors (Lipinski definition) is 5. The summed E-state index contributed by atoms with van der Waals surface area (Å²) in [5, 5.41) is 20.8. The standard InChI is InChI=1S/C18H12N2O5/c19-9-12(7-11-5-6-15-16(8-11)25-10-24-15)17(21)20-14-4-2-1-3-13(14)18(22)23/h1-8H,10H2,(H,20,21)(H,22,23)/b12-7+. The van der Waals surface area contributed by atoms with Gasteiger partial charge < -0.3 is 19.9 Å². The number of para-hydroxylation sites is 1. The van der Waals surface area contributed by atoms with Gasteiger partial charge in [0, 0.05) is 0 Å². The summed E-state index contributed by atoms with van der Waals surface area (Å²) in [6.07, 6.45) is 1.39. The van der Waals surface area contributed by atoms with Gasteiger partial charge in [0.25, 0.3) is 5.91 Å².